The SMILES string of the molecule is CC(CCO)CNC(c1ccncc1)c1cccc(C(F)(F)F)c1. The zero-order valence-electron chi connectivity index (χ0n) is 13.4. The molecular weight excluding hydrogens is 317 g/mol. The lowest BCUT2D eigenvalue weighted by molar-refractivity contribution is -0.137. The minimum atomic E-state index is -4.37. The Morgan fingerprint density at radius 1 is 1.12 bits per heavy atom. The standard InChI is InChI=1S/C18H21F3N2O/c1-13(7-10-24)12-23-17(14-5-8-22-9-6-14)15-3-2-4-16(11-15)18(19,20)21/h2-6,8-9,11,13,17,23-24H,7,10,12H2,1H3. The van der Waals surface area contributed by atoms with Gasteiger partial charge in [-0.1, -0.05) is 19.1 Å². The van der Waals surface area contributed by atoms with Crippen LogP contribution < -0.4 is 5.32 Å². The minimum Gasteiger partial charge on any atom is -0.396 e. The van der Waals surface area contributed by atoms with Gasteiger partial charge in [0.15, 0.2) is 0 Å². The molecule has 0 saturated heterocycles. The van der Waals surface area contributed by atoms with Crippen molar-refractivity contribution in [3.8, 4) is 0 Å². The second-order valence-corrected chi connectivity index (χ2v) is 5.86. The summed E-state index contributed by atoms with van der Waals surface area (Å²) in [4.78, 5) is 3.96. The van der Waals surface area contributed by atoms with E-state index < -0.39 is 11.7 Å². The predicted octanol–water partition coefficient (Wildman–Crippen LogP) is 3.80. The number of aromatic nitrogens is 1. The van der Waals surface area contributed by atoms with Crippen LogP contribution in [0.5, 0.6) is 0 Å². The maximum atomic E-state index is 13.0. The predicted molar refractivity (Wildman–Crippen MR) is 86.4 cm³/mol. The fourth-order valence-corrected chi connectivity index (χ4v) is 2.52. The molecule has 6 heteroatoms. The van der Waals surface area contributed by atoms with Crippen molar-refractivity contribution in [1.29, 1.82) is 0 Å². The van der Waals surface area contributed by atoms with E-state index in [1.807, 2.05) is 6.92 Å². The second-order valence-electron chi connectivity index (χ2n) is 5.86. The summed E-state index contributed by atoms with van der Waals surface area (Å²) in [6, 6.07) is 8.56. The van der Waals surface area contributed by atoms with Gasteiger partial charge in [-0.3, -0.25) is 4.98 Å². The first-order valence-corrected chi connectivity index (χ1v) is 7.83. The molecule has 2 unspecified atom stereocenters. The Balaban J connectivity index is 2.29. The molecule has 2 atom stereocenters. The van der Waals surface area contributed by atoms with Gasteiger partial charge in [-0.05, 0) is 54.3 Å². The van der Waals surface area contributed by atoms with Crippen molar-refractivity contribution in [3.05, 3.63) is 65.5 Å². The fourth-order valence-electron chi connectivity index (χ4n) is 2.52. The maximum Gasteiger partial charge on any atom is 0.416 e. The van der Waals surface area contributed by atoms with Crippen LogP contribution in [0.1, 0.15) is 36.1 Å². The highest BCUT2D eigenvalue weighted by Crippen LogP contribution is 2.32. The van der Waals surface area contributed by atoms with Gasteiger partial charge in [0.05, 0.1) is 11.6 Å². The van der Waals surface area contributed by atoms with Gasteiger partial charge in [0, 0.05) is 19.0 Å². The summed E-state index contributed by atoms with van der Waals surface area (Å²) in [6.07, 6.45) is -0.495. The Morgan fingerprint density at radius 2 is 1.83 bits per heavy atom. The average Bonchev–Trinajstić information content (AvgIpc) is 2.56. The molecule has 2 rings (SSSR count). The number of aliphatic hydroxyl groups excluding tert-OH is 1. The van der Waals surface area contributed by atoms with Crippen molar-refractivity contribution in [1.82, 2.24) is 10.3 Å². The summed E-state index contributed by atoms with van der Waals surface area (Å²) in [7, 11) is 0. The number of hydrogen-bond acceptors (Lipinski definition) is 3. The van der Waals surface area contributed by atoms with Crippen molar-refractivity contribution in [2.45, 2.75) is 25.6 Å². The number of aliphatic hydroxyl groups is 1. The van der Waals surface area contributed by atoms with Crippen LogP contribution in [-0.4, -0.2) is 23.2 Å². The van der Waals surface area contributed by atoms with Crippen LogP contribution in [0.15, 0.2) is 48.8 Å². The van der Waals surface area contributed by atoms with Crippen molar-refractivity contribution < 1.29 is 18.3 Å². The molecule has 24 heavy (non-hydrogen) atoms. The van der Waals surface area contributed by atoms with E-state index in [2.05, 4.69) is 10.3 Å². The molecule has 0 radical (unpaired) electrons. The molecule has 0 saturated carbocycles. The third-order valence-corrected chi connectivity index (χ3v) is 3.88. The molecular formula is C18H21F3N2O. The highest BCUT2D eigenvalue weighted by Gasteiger charge is 2.31. The summed E-state index contributed by atoms with van der Waals surface area (Å²) < 4.78 is 39.0. The molecule has 1 heterocycles. The topological polar surface area (TPSA) is 45.1 Å². The number of alkyl halides is 3. The Hall–Kier alpha value is -1.92. The van der Waals surface area contributed by atoms with Gasteiger partial charge in [0.25, 0.3) is 0 Å². The molecule has 0 aliphatic heterocycles. The summed E-state index contributed by atoms with van der Waals surface area (Å²) in [6.45, 7) is 2.66. The largest absolute Gasteiger partial charge is 0.416 e. The number of hydrogen-bond donors (Lipinski definition) is 2. The fraction of sp³-hybridized carbons (Fsp3) is 0.389. The van der Waals surface area contributed by atoms with E-state index in [9.17, 15) is 13.2 Å². The molecule has 2 N–H and O–H groups in total. The Kier molecular flexibility index (Phi) is 6.34. The van der Waals surface area contributed by atoms with Crippen LogP contribution in [0.3, 0.4) is 0 Å². The quantitative estimate of drug-likeness (QED) is 0.807. The van der Waals surface area contributed by atoms with Gasteiger partial charge >= 0.3 is 6.18 Å². The van der Waals surface area contributed by atoms with E-state index in [-0.39, 0.29) is 18.6 Å². The summed E-state index contributed by atoms with van der Waals surface area (Å²) in [5, 5.41) is 12.3. The van der Waals surface area contributed by atoms with Gasteiger partial charge in [0.1, 0.15) is 0 Å². The van der Waals surface area contributed by atoms with Crippen LogP contribution >= 0.6 is 0 Å². The zero-order valence-corrected chi connectivity index (χ0v) is 13.4. The Labute approximate surface area is 139 Å². The first kappa shape index (κ1) is 18.4. The zero-order chi connectivity index (χ0) is 17.6. The van der Waals surface area contributed by atoms with Crippen LogP contribution in [0.2, 0.25) is 0 Å². The van der Waals surface area contributed by atoms with E-state index in [0.29, 0.717) is 18.5 Å². The number of nitrogens with one attached hydrogen (secondary N) is 1. The minimum absolute atomic E-state index is 0.0896. The smallest absolute Gasteiger partial charge is 0.396 e. The van der Waals surface area contributed by atoms with Crippen molar-refractivity contribution in [2.24, 2.45) is 5.92 Å². The lowest BCUT2D eigenvalue weighted by Gasteiger charge is -2.23. The second kappa shape index (κ2) is 8.26. The van der Waals surface area contributed by atoms with Crippen molar-refractivity contribution in [3.63, 3.8) is 0 Å². The van der Waals surface area contributed by atoms with Crippen molar-refractivity contribution in [2.75, 3.05) is 13.2 Å². The van der Waals surface area contributed by atoms with Crippen molar-refractivity contribution >= 4 is 0 Å². The molecule has 3 nitrogen and oxygen atoms in total. The molecule has 1 aromatic carbocycles. The van der Waals surface area contributed by atoms with Gasteiger partial charge in [-0.2, -0.15) is 13.2 Å². The lowest BCUT2D eigenvalue weighted by Crippen LogP contribution is -2.28. The molecule has 0 fully saturated rings. The molecule has 0 aliphatic rings. The molecule has 2 aromatic rings. The third kappa shape index (κ3) is 5.04. The van der Waals surface area contributed by atoms with Gasteiger partial charge in [0.2, 0.25) is 0 Å². The monoisotopic (exact) mass is 338 g/mol. The average molecular weight is 338 g/mol. The summed E-state index contributed by atoms with van der Waals surface area (Å²) in [5.41, 5.74) is 0.733. The molecule has 0 spiro atoms. The highest BCUT2D eigenvalue weighted by molar-refractivity contribution is 5.34. The van der Waals surface area contributed by atoms with E-state index in [1.165, 1.54) is 12.1 Å². The lowest BCUT2D eigenvalue weighted by atomic mass is 9.96. The molecule has 1 aromatic heterocycles. The van der Waals surface area contributed by atoms with Gasteiger partial charge in [-0.25, -0.2) is 0 Å². The van der Waals surface area contributed by atoms with E-state index >= 15 is 0 Å². The van der Waals surface area contributed by atoms with Crippen LogP contribution in [0, 0.1) is 5.92 Å². The van der Waals surface area contributed by atoms with Gasteiger partial charge < -0.3 is 10.4 Å². The van der Waals surface area contributed by atoms with Crippen LogP contribution in [0.25, 0.3) is 0 Å². The molecule has 0 bridgehead atoms. The Morgan fingerprint density at radius 3 is 2.46 bits per heavy atom. The van der Waals surface area contributed by atoms with E-state index in [1.54, 1.807) is 30.6 Å². The number of nitrogens with zero attached hydrogens (tertiary/aromatic N) is 1. The highest BCUT2D eigenvalue weighted by atomic mass is 19.4. The normalized spacial score (nSPS) is 14.4. The first-order valence-electron chi connectivity index (χ1n) is 7.83. The number of halogens is 3. The summed E-state index contributed by atoms with van der Waals surface area (Å²) >= 11 is 0. The number of pyridine rings is 1. The molecule has 0 amide bonds. The molecule has 130 valence electrons. The first-order chi connectivity index (χ1) is 11.4. The van der Waals surface area contributed by atoms with Gasteiger partial charge in [-0.15, -0.1) is 0 Å². The van der Waals surface area contributed by atoms with E-state index in [0.717, 1.165) is 11.6 Å². The van der Waals surface area contributed by atoms with E-state index in [4.69, 9.17) is 5.11 Å². The maximum absolute atomic E-state index is 13.0. The summed E-state index contributed by atoms with van der Waals surface area (Å²) in [5.74, 6) is 0.213. The Bertz CT molecular complexity index is 632. The third-order valence-electron chi connectivity index (χ3n) is 3.88. The number of rotatable bonds is 7. The molecule has 0 aliphatic carbocycles. The van der Waals surface area contributed by atoms with Crippen LogP contribution in [-0.2, 0) is 6.18 Å². The van der Waals surface area contributed by atoms with Crippen LogP contribution in [0.4, 0.5) is 13.2 Å². The number of benzene rings is 1.